The van der Waals surface area contributed by atoms with Gasteiger partial charge < -0.3 is 19.5 Å². The Kier molecular flexibility index (Phi) is 5.43. The van der Waals surface area contributed by atoms with Gasteiger partial charge in [-0.25, -0.2) is 0 Å². The average Bonchev–Trinajstić information content (AvgIpc) is 3.13. The zero-order chi connectivity index (χ0) is 20.3. The third kappa shape index (κ3) is 4.54. The Morgan fingerprint density at radius 1 is 1.25 bits per heavy atom. The lowest BCUT2D eigenvalue weighted by molar-refractivity contribution is -0.146. The van der Waals surface area contributed by atoms with Crippen molar-refractivity contribution in [3.05, 3.63) is 36.0 Å². The molecule has 2 heterocycles. The Morgan fingerprint density at radius 2 is 2.00 bits per heavy atom. The molecular formula is C19H22N4O5. The Labute approximate surface area is 162 Å². The van der Waals surface area contributed by atoms with E-state index in [1.165, 1.54) is 4.90 Å². The van der Waals surface area contributed by atoms with Gasteiger partial charge in [-0.2, -0.15) is 4.98 Å². The van der Waals surface area contributed by atoms with Gasteiger partial charge in [-0.15, -0.1) is 0 Å². The number of hydrogen-bond acceptors (Lipinski definition) is 7. The maximum atomic E-state index is 12.5. The van der Waals surface area contributed by atoms with E-state index in [4.69, 9.17) is 9.26 Å². The summed E-state index contributed by atoms with van der Waals surface area (Å²) >= 11 is 0. The number of ether oxygens (including phenoxy) is 1. The Morgan fingerprint density at radius 3 is 2.71 bits per heavy atom. The van der Waals surface area contributed by atoms with E-state index >= 15 is 0 Å². The van der Waals surface area contributed by atoms with Crippen LogP contribution < -0.4 is 10.2 Å². The van der Waals surface area contributed by atoms with Gasteiger partial charge in [0, 0.05) is 11.8 Å². The van der Waals surface area contributed by atoms with Gasteiger partial charge in [0.05, 0.1) is 17.8 Å². The number of esters is 1. The first-order valence-electron chi connectivity index (χ1n) is 8.92. The van der Waals surface area contributed by atoms with Crippen molar-refractivity contribution in [2.75, 3.05) is 16.8 Å². The first-order chi connectivity index (χ1) is 13.2. The molecule has 0 bridgehead atoms. The van der Waals surface area contributed by atoms with Crippen molar-refractivity contribution in [2.45, 2.75) is 45.6 Å². The largest absolute Gasteiger partial charge is 0.456 e. The number of benzene rings is 1. The summed E-state index contributed by atoms with van der Waals surface area (Å²) in [6.07, 6.45) is -0.184. The van der Waals surface area contributed by atoms with Crippen LogP contribution in [0.1, 0.15) is 45.3 Å². The van der Waals surface area contributed by atoms with Crippen LogP contribution in [0, 0.1) is 0 Å². The lowest BCUT2D eigenvalue weighted by Crippen LogP contribution is -2.42. The molecule has 1 N–H and O–H groups in total. The highest BCUT2D eigenvalue weighted by Gasteiger charge is 2.27. The van der Waals surface area contributed by atoms with Gasteiger partial charge in [-0.05, 0) is 12.1 Å². The van der Waals surface area contributed by atoms with Crippen molar-refractivity contribution in [3.8, 4) is 0 Å². The van der Waals surface area contributed by atoms with E-state index in [1.54, 1.807) is 24.3 Å². The van der Waals surface area contributed by atoms with Crippen molar-refractivity contribution in [1.82, 2.24) is 10.1 Å². The normalized spacial score (nSPS) is 13.7. The SMILES string of the molecule is CC(C)(C)c1noc(COC(=O)CCC(=O)N2CC(=O)Nc3ccccc32)n1. The maximum Gasteiger partial charge on any atom is 0.306 e. The summed E-state index contributed by atoms with van der Waals surface area (Å²) in [7, 11) is 0. The van der Waals surface area contributed by atoms with E-state index in [9.17, 15) is 14.4 Å². The molecule has 0 atom stereocenters. The molecule has 9 heteroatoms. The third-order valence-corrected chi connectivity index (χ3v) is 4.11. The van der Waals surface area contributed by atoms with E-state index in [-0.39, 0.29) is 49.1 Å². The monoisotopic (exact) mass is 386 g/mol. The fraction of sp³-hybridized carbons (Fsp3) is 0.421. The molecule has 0 unspecified atom stereocenters. The number of hydrogen-bond donors (Lipinski definition) is 1. The molecule has 1 aromatic carbocycles. The highest BCUT2D eigenvalue weighted by molar-refractivity contribution is 6.10. The highest BCUT2D eigenvalue weighted by Crippen LogP contribution is 2.29. The molecular weight excluding hydrogens is 364 g/mol. The predicted octanol–water partition coefficient (Wildman–Crippen LogP) is 2.18. The molecule has 0 saturated heterocycles. The standard InChI is InChI=1S/C19H22N4O5/c1-19(2,3)18-21-15(28-22-18)11-27-17(26)9-8-16(25)23-10-14(24)20-12-6-4-5-7-13(12)23/h4-7H,8-11H2,1-3H3,(H,20,24). The van der Waals surface area contributed by atoms with Crippen LogP contribution in [-0.4, -0.2) is 34.5 Å². The minimum absolute atomic E-state index is 0.0719. The van der Waals surface area contributed by atoms with E-state index in [0.717, 1.165) is 0 Å². The van der Waals surface area contributed by atoms with Crippen LogP contribution in [0.5, 0.6) is 0 Å². The van der Waals surface area contributed by atoms with Crippen molar-refractivity contribution in [3.63, 3.8) is 0 Å². The molecule has 0 fully saturated rings. The zero-order valence-corrected chi connectivity index (χ0v) is 16.0. The van der Waals surface area contributed by atoms with Crippen LogP contribution in [0.15, 0.2) is 28.8 Å². The summed E-state index contributed by atoms with van der Waals surface area (Å²) in [4.78, 5) is 41.8. The van der Waals surface area contributed by atoms with Gasteiger partial charge >= 0.3 is 5.97 Å². The number of carbonyl (C=O) groups excluding carboxylic acids is 3. The Bertz CT molecular complexity index is 900. The van der Waals surface area contributed by atoms with Gasteiger partial charge in [0.1, 0.15) is 6.54 Å². The van der Waals surface area contributed by atoms with Gasteiger partial charge in [-0.1, -0.05) is 38.1 Å². The van der Waals surface area contributed by atoms with Gasteiger partial charge in [-0.3, -0.25) is 14.4 Å². The molecule has 2 aromatic rings. The van der Waals surface area contributed by atoms with Crippen molar-refractivity contribution >= 4 is 29.2 Å². The molecule has 0 aliphatic carbocycles. The lowest BCUT2D eigenvalue weighted by atomic mass is 9.96. The number of carbonyl (C=O) groups is 3. The lowest BCUT2D eigenvalue weighted by Gasteiger charge is -2.29. The summed E-state index contributed by atoms with van der Waals surface area (Å²) in [5.41, 5.74) is 0.914. The molecule has 0 spiro atoms. The van der Waals surface area contributed by atoms with Gasteiger partial charge in [0.15, 0.2) is 12.4 Å². The Hall–Kier alpha value is -3.23. The molecule has 1 aliphatic rings. The number of para-hydroxylation sites is 2. The number of anilines is 2. The second-order valence-corrected chi connectivity index (χ2v) is 7.47. The third-order valence-electron chi connectivity index (χ3n) is 4.11. The van der Waals surface area contributed by atoms with Crippen LogP contribution in [0.3, 0.4) is 0 Å². The summed E-state index contributed by atoms with van der Waals surface area (Å²) < 4.78 is 10.2. The smallest absolute Gasteiger partial charge is 0.306 e. The molecule has 1 aromatic heterocycles. The fourth-order valence-corrected chi connectivity index (χ4v) is 2.63. The minimum atomic E-state index is -0.557. The maximum absolute atomic E-state index is 12.5. The Balaban J connectivity index is 1.51. The van der Waals surface area contributed by atoms with E-state index in [2.05, 4.69) is 15.5 Å². The number of fused-ring (bicyclic) bond motifs is 1. The molecule has 28 heavy (non-hydrogen) atoms. The number of rotatable bonds is 5. The number of aromatic nitrogens is 2. The molecule has 9 nitrogen and oxygen atoms in total. The first kappa shape index (κ1) is 19.5. The number of amides is 2. The zero-order valence-electron chi connectivity index (χ0n) is 16.0. The number of nitrogens with zero attached hydrogens (tertiary/aromatic N) is 3. The van der Waals surface area contributed by atoms with E-state index in [0.29, 0.717) is 17.2 Å². The van der Waals surface area contributed by atoms with Gasteiger partial charge in [0.2, 0.25) is 11.8 Å². The molecule has 1 aliphatic heterocycles. The number of nitrogens with one attached hydrogen (secondary N) is 1. The van der Waals surface area contributed by atoms with E-state index < -0.39 is 5.97 Å². The van der Waals surface area contributed by atoms with E-state index in [1.807, 2.05) is 20.8 Å². The summed E-state index contributed by atoms with van der Waals surface area (Å²) in [5, 5.41) is 6.57. The molecule has 2 amide bonds. The fourth-order valence-electron chi connectivity index (χ4n) is 2.63. The average molecular weight is 386 g/mol. The molecule has 0 saturated carbocycles. The topological polar surface area (TPSA) is 115 Å². The summed E-state index contributed by atoms with van der Waals surface area (Å²) in [6.45, 7) is 5.60. The molecule has 0 radical (unpaired) electrons. The van der Waals surface area contributed by atoms with Crippen LogP contribution >= 0.6 is 0 Å². The summed E-state index contributed by atoms with van der Waals surface area (Å²) in [5.74, 6) is -0.437. The van der Waals surface area contributed by atoms with Crippen molar-refractivity contribution in [2.24, 2.45) is 0 Å². The second-order valence-electron chi connectivity index (χ2n) is 7.47. The highest BCUT2D eigenvalue weighted by atomic mass is 16.6. The quantitative estimate of drug-likeness (QED) is 0.783. The van der Waals surface area contributed by atoms with Gasteiger partial charge in [0.25, 0.3) is 5.89 Å². The second kappa shape index (κ2) is 7.79. The molecule has 3 rings (SSSR count). The minimum Gasteiger partial charge on any atom is -0.456 e. The van der Waals surface area contributed by atoms with Crippen LogP contribution in [0.4, 0.5) is 11.4 Å². The van der Waals surface area contributed by atoms with Crippen LogP contribution in [0.2, 0.25) is 0 Å². The molecule has 148 valence electrons. The summed E-state index contributed by atoms with van der Waals surface area (Å²) in [6, 6.07) is 7.01. The van der Waals surface area contributed by atoms with Crippen molar-refractivity contribution < 1.29 is 23.6 Å². The van der Waals surface area contributed by atoms with Crippen LogP contribution in [-0.2, 0) is 31.1 Å². The first-order valence-corrected chi connectivity index (χ1v) is 8.92. The van der Waals surface area contributed by atoms with Crippen LogP contribution in [0.25, 0.3) is 0 Å². The predicted molar refractivity (Wildman–Crippen MR) is 99.5 cm³/mol. The van der Waals surface area contributed by atoms with Crippen molar-refractivity contribution in [1.29, 1.82) is 0 Å².